The molecule has 1 aliphatic rings. The fourth-order valence-corrected chi connectivity index (χ4v) is 3.09. The largest absolute Gasteiger partial charge is 0.328 e. The van der Waals surface area contributed by atoms with Crippen LogP contribution in [0.1, 0.15) is 37.6 Å². The highest BCUT2D eigenvalue weighted by Crippen LogP contribution is 2.29. The van der Waals surface area contributed by atoms with E-state index < -0.39 is 0 Å². The Morgan fingerprint density at radius 1 is 1.67 bits per heavy atom. The first-order valence-corrected chi connectivity index (χ1v) is 6.46. The van der Waals surface area contributed by atoms with E-state index in [1.165, 1.54) is 4.88 Å². The first kappa shape index (κ1) is 11.0. The maximum atomic E-state index is 5.97. The van der Waals surface area contributed by atoms with Gasteiger partial charge >= 0.3 is 0 Å². The van der Waals surface area contributed by atoms with Gasteiger partial charge in [-0.05, 0) is 26.7 Å². The molecule has 0 spiro atoms. The van der Waals surface area contributed by atoms with Crippen LogP contribution in [0.15, 0.2) is 11.7 Å². The van der Waals surface area contributed by atoms with E-state index in [9.17, 15) is 0 Å². The van der Waals surface area contributed by atoms with E-state index in [0.717, 1.165) is 19.4 Å². The van der Waals surface area contributed by atoms with Crippen molar-refractivity contribution in [2.75, 3.05) is 6.54 Å². The Kier molecular flexibility index (Phi) is 3.38. The Balaban J connectivity index is 2.04. The van der Waals surface area contributed by atoms with Gasteiger partial charge in [-0.3, -0.25) is 9.88 Å². The van der Waals surface area contributed by atoms with Crippen molar-refractivity contribution in [2.45, 2.75) is 44.8 Å². The topological polar surface area (TPSA) is 42.1 Å². The van der Waals surface area contributed by atoms with Crippen LogP contribution in [0.25, 0.3) is 0 Å². The maximum absolute atomic E-state index is 5.97. The fraction of sp³-hybridized carbons (Fsp3) is 0.727. The van der Waals surface area contributed by atoms with Gasteiger partial charge in [0.15, 0.2) is 0 Å². The average Bonchev–Trinajstić information content (AvgIpc) is 2.69. The van der Waals surface area contributed by atoms with Crippen molar-refractivity contribution in [3.8, 4) is 0 Å². The molecule has 1 aromatic rings. The highest BCUT2D eigenvalue weighted by molar-refractivity contribution is 7.09. The molecule has 1 saturated heterocycles. The Bertz CT molecular complexity index is 299. The summed E-state index contributed by atoms with van der Waals surface area (Å²) in [6.07, 6.45) is 4.22. The molecule has 1 aliphatic heterocycles. The van der Waals surface area contributed by atoms with Crippen LogP contribution in [0.5, 0.6) is 0 Å². The van der Waals surface area contributed by atoms with Crippen molar-refractivity contribution in [3.63, 3.8) is 0 Å². The minimum Gasteiger partial charge on any atom is -0.328 e. The molecule has 0 amide bonds. The summed E-state index contributed by atoms with van der Waals surface area (Å²) in [4.78, 5) is 8.04. The minimum atomic E-state index is 0.393. The fourth-order valence-electron chi connectivity index (χ4n) is 2.40. The van der Waals surface area contributed by atoms with Crippen LogP contribution in [-0.4, -0.2) is 28.5 Å². The number of thiazole rings is 1. The van der Waals surface area contributed by atoms with E-state index in [1.807, 2.05) is 11.7 Å². The molecule has 1 aromatic heterocycles. The van der Waals surface area contributed by atoms with Crippen molar-refractivity contribution >= 4 is 11.3 Å². The second-order valence-corrected chi connectivity index (χ2v) is 5.37. The van der Waals surface area contributed by atoms with Gasteiger partial charge in [-0.2, -0.15) is 0 Å². The number of hydrogen-bond acceptors (Lipinski definition) is 4. The third-order valence-electron chi connectivity index (χ3n) is 3.33. The Labute approximate surface area is 95.3 Å². The molecule has 2 heterocycles. The number of hydrogen-bond donors (Lipinski definition) is 1. The normalized spacial score (nSPS) is 30.3. The van der Waals surface area contributed by atoms with Crippen LogP contribution in [0.2, 0.25) is 0 Å². The lowest BCUT2D eigenvalue weighted by atomic mass is 9.97. The lowest BCUT2D eigenvalue weighted by Crippen LogP contribution is -2.46. The molecular formula is C11H19N3S. The summed E-state index contributed by atoms with van der Waals surface area (Å²) in [7, 11) is 0. The summed E-state index contributed by atoms with van der Waals surface area (Å²) in [5, 5.41) is 0. The molecule has 2 rings (SSSR count). The molecule has 0 radical (unpaired) electrons. The monoisotopic (exact) mass is 225 g/mol. The Morgan fingerprint density at radius 2 is 2.47 bits per heavy atom. The zero-order valence-electron chi connectivity index (χ0n) is 9.39. The second-order valence-electron chi connectivity index (χ2n) is 4.45. The highest BCUT2D eigenvalue weighted by Gasteiger charge is 2.27. The van der Waals surface area contributed by atoms with E-state index in [0.29, 0.717) is 18.1 Å². The van der Waals surface area contributed by atoms with Crippen molar-refractivity contribution in [1.82, 2.24) is 9.88 Å². The lowest BCUT2D eigenvalue weighted by Gasteiger charge is -2.39. The van der Waals surface area contributed by atoms with Crippen LogP contribution in [0.3, 0.4) is 0 Å². The lowest BCUT2D eigenvalue weighted by molar-refractivity contribution is 0.106. The van der Waals surface area contributed by atoms with Crippen LogP contribution in [0, 0.1) is 0 Å². The summed E-state index contributed by atoms with van der Waals surface area (Å²) < 4.78 is 0. The van der Waals surface area contributed by atoms with E-state index in [-0.39, 0.29) is 0 Å². The smallest absolute Gasteiger partial charge is 0.0794 e. The van der Waals surface area contributed by atoms with Crippen LogP contribution < -0.4 is 5.73 Å². The summed E-state index contributed by atoms with van der Waals surface area (Å²) in [6, 6.07) is 1.47. The van der Waals surface area contributed by atoms with Crippen molar-refractivity contribution in [3.05, 3.63) is 16.6 Å². The summed E-state index contributed by atoms with van der Waals surface area (Å²) in [5.74, 6) is 0. The van der Waals surface area contributed by atoms with Crippen molar-refractivity contribution in [1.29, 1.82) is 0 Å². The number of nitrogens with two attached hydrogens (primary N) is 1. The average molecular weight is 225 g/mol. The van der Waals surface area contributed by atoms with Gasteiger partial charge in [0.05, 0.1) is 5.51 Å². The van der Waals surface area contributed by atoms with E-state index in [1.54, 1.807) is 11.3 Å². The van der Waals surface area contributed by atoms with Gasteiger partial charge in [-0.25, -0.2) is 0 Å². The summed E-state index contributed by atoms with van der Waals surface area (Å²) >= 11 is 1.74. The minimum absolute atomic E-state index is 0.393. The second kappa shape index (κ2) is 4.60. The highest BCUT2D eigenvalue weighted by atomic mass is 32.1. The van der Waals surface area contributed by atoms with Gasteiger partial charge in [0, 0.05) is 35.7 Å². The van der Waals surface area contributed by atoms with Gasteiger partial charge < -0.3 is 5.73 Å². The molecule has 4 heteroatoms. The number of nitrogens with zero attached hydrogens (tertiary/aromatic N) is 2. The molecule has 0 saturated carbocycles. The molecule has 3 atom stereocenters. The van der Waals surface area contributed by atoms with Crippen LogP contribution in [-0.2, 0) is 0 Å². The zero-order valence-corrected chi connectivity index (χ0v) is 10.2. The predicted octanol–water partition coefficient (Wildman–Crippen LogP) is 2.02. The standard InChI is InChI=1S/C11H19N3S/c1-8-5-10(12)3-4-14(8)9(2)11-6-13-7-15-11/h6-10H,3-5,12H2,1-2H3. The maximum Gasteiger partial charge on any atom is 0.0794 e. The number of piperidine rings is 1. The molecule has 3 nitrogen and oxygen atoms in total. The summed E-state index contributed by atoms with van der Waals surface area (Å²) in [5.41, 5.74) is 7.88. The molecule has 3 unspecified atom stereocenters. The Hall–Kier alpha value is -0.450. The molecule has 0 aromatic carbocycles. The molecule has 0 bridgehead atoms. The quantitative estimate of drug-likeness (QED) is 0.837. The number of aromatic nitrogens is 1. The van der Waals surface area contributed by atoms with Gasteiger partial charge in [0.1, 0.15) is 0 Å². The van der Waals surface area contributed by atoms with Crippen molar-refractivity contribution < 1.29 is 0 Å². The van der Waals surface area contributed by atoms with Gasteiger partial charge in [0.2, 0.25) is 0 Å². The first-order valence-electron chi connectivity index (χ1n) is 5.58. The van der Waals surface area contributed by atoms with Crippen molar-refractivity contribution in [2.24, 2.45) is 5.73 Å². The van der Waals surface area contributed by atoms with Gasteiger partial charge in [0.25, 0.3) is 0 Å². The molecule has 1 fully saturated rings. The molecule has 15 heavy (non-hydrogen) atoms. The predicted molar refractivity (Wildman–Crippen MR) is 63.9 cm³/mol. The van der Waals surface area contributed by atoms with E-state index in [2.05, 4.69) is 23.7 Å². The Morgan fingerprint density at radius 3 is 3.07 bits per heavy atom. The molecule has 84 valence electrons. The molecule has 0 aliphatic carbocycles. The molecule has 2 N–H and O–H groups in total. The van der Waals surface area contributed by atoms with Crippen LogP contribution in [0.4, 0.5) is 0 Å². The van der Waals surface area contributed by atoms with Crippen LogP contribution >= 0.6 is 11.3 Å². The van der Waals surface area contributed by atoms with Gasteiger partial charge in [-0.15, -0.1) is 11.3 Å². The summed E-state index contributed by atoms with van der Waals surface area (Å²) in [6.45, 7) is 5.65. The zero-order chi connectivity index (χ0) is 10.8. The van der Waals surface area contributed by atoms with E-state index in [4.69, 9.17) is 5.73 Å². The van der Waals surface area contributed by atoms with E-state index >= 15 is 0 Å². The third-order valence-corrected chi connectivity index (χ3v) is 4.27. The number of rotatable bonds is 2. The first-order chi connectivity index (χ1) is 7.18. The van der Waals surface area contributed by atoms with Gasteiger partial charge in [-0.1, -0.05) is 0 Å². The number of likely N-dealkylation sites (tertiary alicyclic amines) is 1. The molecular weight excluding hydrogens is 206 g/mol. The SMILES string of the molecule is CC1CC(N)CCN1C(C)c1cncs1. The third kappa shape index (κ3) is 2.38.